The Morgan fingerprint density at radius 1 is 1.35 bits per heavy atom. The molecule has 0 amide bonds. The molecule has 3 heteroatoms. The number of benzene rings is 1. The molecule has 0 bridgehead atoms. The molecular weight excluding hydrogens is 312 g/mol. The van der Waals surface area contributed by atoms with E-state index in [9.17, 15) is 0 Å². The summed E-state index contributed by atoms with van der Waals surface area (Å²) in [6.45, 7) is 5.15. The van der Waals surface area contributed by atoms with Gasteiger partial charge in [-0.2, -0.15) is 0 Å². The molecule has 0 aliphatic heterocycles. The van der Waals surface area contributed by atoms with E-state index in [1.807, 2.05) is 0 Å². The molecule has 1 aromatic carbocycles. The van der Waals surface area contributed by atoms with E-state index in [1.54, 1.807) is 0 Å². The van der Waals surface area contributed by atoms with E-state index in [4.69, 9.17) is 5.73 Å². The molecule has 1 saturated carbocycles. The number of halogens is 1. The Morgan fingerprint density at radius 3 is 2.85 bits per heavy atom. The topological polar surface area (TPSA) is 38.0 Å². The highest BCUT2D eigenvalue weighted by Gasteiger charge is 2.31. The molecule has 3 N–H and O–H groups in total. The summed E-state index contributed by atoms with van der Waals surface area (Å²) in [7, 11) is 0. The van der Waals surface area contributed by atoms with Crippen molar-refractivity contribution in [2.45, 2.75) is 57.9 Å². The summed E-state index contributed by atoms with van der Waals surface area (Å²) >= 11 is 3.65. The fraction of sp³-hybridized carbons (Fsp3) is 0.647. The molecule has 0 saturated heterocycles. The zero-order valence-electron chi connectivity index (χ0n) is 12.7. The van der Waals surface area contributed by atoms with Crippen LogP contribution in [0.1, 0.15) is 51.0 Å². The largest absolute Gasteiger partial charge is 0.377 e. The van der Waals surface area contributed by atoms with E-state index in [0.29, 0.717) is 6.54 Å². The number of aryl methyl sites for hydroxylation is 1. The molecule has 1 aromatic rings. The Balaban J connectivity index is 2.16. The average molecular weight is 339 g/mol. The maximum atomic E-state index is 6.15. The van der Waals surface area contributed by atoms with Crippen LogP contribution in [0.3, 0.4) is 0 Å². The number of anilines is 1. The smallest absolute Gasteiger partial charge is 0.0496 e. The first-order valence-corrected chi connectivity index (χ1v) is 8.62. The van der Waals surface area contributed by atoms with Crippen LogP contribution in [0.5, 0.6) is 0 Å². The third-order valence-electron chi connectivity index (χ3n) is 4.79. The number of nitrogens with one attached hydrogen (secondary N) is 1. The summed E-state index contributed by atoms with van der Waals surface area (Å²) in [5.41, 5.74) is 8.69. The molecule has 1 fully saturated rings. The predicted octanol–water partition coefficient (Wildman–Crippen LogP) is 4.86. The normalized spacial score (nSPS) is 27.1. The van der Waals surface area contributed by atoms with Crippen LogP contribution in [0, 0.1) is 12.8 Å². The summed E-state index contributed by atoms with van der Waals surface area (Å²) in [4.78, 5) is 0. The third kappa shape index (κ3) is 3.76. The third-order valence-corrected chi connectivity index (χ3v) is 5.48. The maximum absolute atomic E-state index is 6.15. The summed E-state index contributed by atoms with van der Waals surface area (Å²) in [5, 5.41) is 3.77. The quantitative estimate of drug-likeness (QED) is 0.769. The lowest BCUT2D eigenvalue weighted by Gasteiger charge is -2.34. The fourth-order valence-corrected chi connectivity index (χ4v) is 3.63. The van der Waals surface area contributed by atoms with Gasteiger partial charge in [-0.25, -0.2) is 0 Å². The fourth-order valence-electron chi connectivity index (χ4n) is 3.29. The lowest BCUT2D eigenvalue weighted by molar-refractivity contribution is 0.398. The van der Waals surface area contributed by atoms with Gasteiger partial charge in [0.1, 0.15) is 0 Å². The highest BCUT2D eigenvalue weighted by molar-refractivity contribution is 9.10. The van der Waals surface area contributed by atoms with Gasteiger partial charge in [0.2, 0.25) is 0 Å². The van der Waals surface area contributed by atoms with Gasteiger partial charge in [-0.15, -0.1) is 0 Å². The summed E-state index contributed by atoms with van der Waals surface area (Å²) in [6.07, 6.45) is 7.60. The Morgan fingerprint density at radius 2 is 2.15 bits per heavy atom. The van der Waals surface area contributed by atoms with Crippen LogP contribution in [-0.4, -0.2) is 12.1 Å². The first kappa shape index (κ1) is 15.8. The van der Waals surface area contributed by atoms with E-state index in [2.05, 4.69) is 53.3 Å². The molecule has 0 aromatic heterocycles. The maximum Gasteiger partial charge on any atom is 0.0496 e. The highest BCUT2D eigenvalue weighted by Crippen LogP contribution is 2.35. The van der Waals surface area contributed by atoms with Crippen molar-refractivity contribution in [1.82, 2.24) is 0 Å². The minimum atomic E-state index is 0.0697. The molecule has 2 unspecified atom stereocenters. The zero-order chi connectivity index (χ0) is 14.6. The van der Waals surface area contributed by atoms with Crippen LogP contribution in [0.4, 0.5) is 5.69 Å². The van der Waals surface area contributed by atoms with E-state index in [0.717, 1.165) is 10.4 Å². The van der Waals surface area contributed by atoms with Gasteiger partial charge in [0.15, 0.2) is 0 Å². The van der Waals surface area contributed by atoms with E-state index < -0.39 is 0 Å². The van der Waals surface area contributed by atoms with Crippen molar-refractivity contribution < 1.29 is 0 Å². The second-order valence-electron chi connectivity index (χ2n) is 6.30. The highest BCUT2D eigenvalue weighted by atomic mass is 79.9. The number of hydrogen-bond donors (Lipinski definition) is 2. The predicted molar refractivity (Wildman–Crippen MR) is 91.2 cm³/mol. The van der Waals surface area contributed by atoms with Crippen LogP contribution in [0.2, 0.25) is 0 Å². The summed E-state index contributed by atoms with van der Waals surface area (Å²) in [6, 6.07) is 6.46. The number of hydrogen-bond acceptors (Lipinski definition) is 2. The first-order chi connectivity index (χ1) is 9.58. The van der Waals surface area contributed by atoms with Crippen LogP contribution in [0.15, 0.2) is 22.7 Å². The number of rotatable bonds is 4. The van der Waals surface area contributed by atoms with E-state index in [1.165, 1.54) is 49.8 Å². The lowest BCUT2D eigenvalue weighted by atomic mass is 9.89. The second kappa shape index (κ2) is 6.95. The van der Waals surface area contributed by atoms with Crippen molar-refractivity contribution in [3.05, 3.63) is 28.2 Å². The molecule has 0 radical (unpaired) electrons. The minimum Gasteiger partial charge on any atom is -0.377 e. The van der Waals surface area contributed by atoms with Crippen molar-refractivity contribution >= 4 is 21.6 Å². The Labute approximate surface area is 131 Å². The van der Waals surface area contributed by atoms with Crippen molar-refractivity contribution in [2.75, 3.05) is 11.9 Å². The van der Waals surface area contributed by atoms with Crippen LogP contribution < -0.4 is 11.1 Å². The van der Waals surface area contributed by atoms with Gasteiger partial charge in [-0.3, -0.25) is 0 Å². The van der Waals surface area contributed by atoms with E-state index in [-0.39, 0.29) is 5.54 Å². The average Bonchev–Trinajstić information content (AvgIpc) is 2.66. The van der Waals surface area contributed by atoms with Gasteiger partial charge in [0.05, 0.1) is 0 Å². The Bertz CT molecular complexity index is 447. The van der Waals surface area contributed by atoms with Crippen LogP contribution in [0.25, 0.3) is 0 Å². The molecule has 0 spiro atoms. The second-order valence-corrected chi connectivity index (χ2v) is 7.15. The molecule has 0 heterocycles. The molecule has 112 valence electrons. The number of nitrogens with two attached hydrogens (primary N) is 1. The van der Waals surface area contributed by atoms with E-state index >= 15 is 0 Å². The summed E-state index contributed by atoms with van der Waals surface area (Å²) < 4.78 is 1.13. The van der Waals surface area contributed by atoms with Gasteiger partial charge < -0.3 is 11.1 Å². The van der Waals surface area contributed by atoms with Gasteiger partial charge in [0, 0.05) is 22.2 Å². The van der Waals surface area contributed by atoms with Crippen LogP contribution >= 0.6 is 15.9 Å². The first-order valence-electron chi connectivity index (χ1n) is 7.83. The van der Waals surface area contributed by atoms with Gasteiger partial charge in [-0.05, 0) is 65.7 Å². The van der Waals surface area contributed by atoms with Crippen molar-refractivity contribution in [3.8, 4) is 0 Å². The monoisotopic (exact) mass is 338 g/mol. The lowest BCUT2D eigenvalue weighted by Crippen LogP contribution is -2.45. The molecule has 1 aliphatic rings. The summed E-state index contributed by atoms with van der Waals surface area (Å²) in [5.74, 6) is 0.881. The SMILES string of the molecule is CCC1CCCC(CN)(Nc2cc(C)ccc2Br)CC1. The minimum absolute atomic E-state index is 0.0697. The zero-order valence-corrected chi connectivity index (χ0v) is 14.3. The standard InChI is InChI=1S/C17H27BrN2/c1-3-14-5-4-9-17(12-19,10-8-14)20-16-11-13(2)6-7-15(16)18/h6-7,11,14,20H,3-5,8-10,12,19H2,1-2H3. The van der Waals surface area contributed by atoms with Crippen molar-refractivity contribution in [3.63, 3.8) is 0 Å². The Kier molecular flexibility index (Phi) is 5.50. The van der Waals surface area contributed by atoms with Gasteiger partial charge in [-0.1, -0.05) is 32.3 Å². The molecule has 1 aliphatic carbocycles. The van der Waals surface area contributed by atoms with Crippen molar-refractivity contribution in [1.29, 1.82) is 0 Å². The van der Waals surface area contributed by atoms with Crippen LogP contribution in [-0.2, 0) is 0 Å². The molecule has 2 atom stereocenters. The Hall–Kier alpha value is -0.540. The van der Waals surface area contributed by atoms with Crippen molar-refractivity contribution in [2.24, 2.45) is 11.7 Å². The molecular formula is C17H27BrN2. The molecule has 20 heavy (non-hydrogen) atoms. The van der Waals surface area contributed by atoms with Gasteiger partial charge >= 0.3 is 0 Å². The molecule has 2 nitrogen and oxygen atoms in total. The van der Waals surface area contributed by atoms with Gasteiger partial charge in [0.25, 0.3) is 0 Å². The molecule has 2 rings (SSSR count).